The first-order chi connectivity index (χ1) is 8.06. The summed E-state index contributed by atoms with van der Waals surface area (Å²) in [6.07, 6.45) is 0.166. The lowest BCUT2D eigenvalue weighted by Gasteiger charge is -2.03. The Morgan fingerprint density at radius 1 is 1.29 bits per heavy atom. The van der Waals surface area contributed by atoms with Crippen molar-refractivity contribution in [1.29, 1.82) is 0 Å². The molecule has 1 aromatic heterocycles. The van der Waals surface area contributed by atoms with E-state index in [0.29, 0.717) is 6.42 Å². The van der Waals surface area contributed by atoms with Crippen molar-refractivity contribution in [3.63, 3.8) is 0 Å². The zero-order valence-electron chi connectivity index (χ0n) is 9.90. The molecule has 2 nitrogen and oxygen atoms in total. The fourth-order valence-electron chi connectivity index (χ4n) is 1.74. The number of hydrogen-bond donors (Lipinski definition) is 1. The maximum absolute atomic E-state index is 9.31. The van der Waals surface area contributed by atoms with Crippen LogP contribution >= 0.6 is 15.9 Å². The SMILES string of the molecule is Cc1ccc(-c2ccc(CC(C)O)o2)c(Br)c1. The second kappa shape index (κ2) is 5.07. The van der Waals surface area contributed by atoms with Crippen molar-refractivity contribution in [2.75, 3.05) is 0 Å². The summed E-state index contributed by atoms with van der Waals surface area (Å²) in [5.41, 5.74) is 2.24. The van der Waals surface area contributed by atoms with Crippen molar-refractivity contribution in [1.82, 2.24) is 0 Å². The van der Waals surface area contributed by atoms with Gasteiger partial charge < -0.3 is 9.52 Å². The number of aliphatic hydroxyl groups is 1. The molecule has 0 amide bonds. The Labute approximate surface area is 109 Å². The first-order valence-electron chi connectivity index (χ1n) is 5.59. The Balaban J connectivity index is 2.30. The molecule has 0 aliphatic carbocycles. The molecule has 1 N–H and O–H groups in total. The molecule has 17 heavy (non-hydrogen) atoms. The molecule has 0 saturated heterocycles. The third kappa shape index (κ3) is 2.99. The summed E-state index contributed by atoms with van der Waals surface area (Å²) in [7, 11) is 0. The van der Waals surface area contributed by atoms with Gasteiger partial charge in [-0.25, -0.2) is 0 Å². The van der Waals surface area contributed by atoms with Crippen molar-refractivity contribution < 1.29 is 9.52 Å². The molecule has 90 valence electrons. The van der Waals surface area contributed by atoms with Gasteiger partial charge in [0.1, 0.15) is 11.5 Å². The number of halogens is 1. The van der Waals surface area contributed by atoms with Gasteiger partial charge in [0.05, 0.1) is 6.10 Å². The van der Waals surface area contributed by atoms with Crippen LogP contribution in [0.3, 0.4) is 0 Å². The molecule has 3 heteroatoms. The lowest BCUT2D eigenvalue weighted by Crippen LogP contribution is -2.02. The molecule has 0 spiro atoms. The van der Waals surface area contributed by atoms with Gasteiger partial charge >= 0.3 is 0 Å². The van der Waals surface area contributed by atoms with Gasteiger partial charge in [0, 0.05) is 16.5 Å². The first-order valence-corrected chi connectivity index (χ1v) is 6.39. The van der Waals surface area contributed by atoms with Crippen LogP contribution in [0.2, 0.25) is 0 Å². The van der Waals surface area contributed by atoms with Crippen LogP contribution in [0.1, 0.15) is 18.2 Å². The van der Waals surface area contributed by atoms with Crippen LogP contribution in [0, 0.1) is 6.92 Å². The normalized spacial score (nSPS) is 12.7. The van der Waals surface area contributed by atoms with Gasteiger partial charge in [-0.3, -0.25) is 0 Å². The van der Waals surface area contributed by atoms with E-state index in [-0.39, 0.29) is 6.10 Å². The predicted molar refractivity (Wildman–Crippen MR) is 72.0 cm³/mol. The van der Waals surface area contributed by atoms with Crippen LogP contribution in [-0.2, 0) is 6.42 Å². The quantitative estimate of drug-likeness (QED) is 0.930. The molecule has 0 bridgehead atoms. The van der Waals surface area contributed by atoms with E-state index < -0.39 is 0 Å². The molecule has 0 saturated carbocycles. The molecule has 2 aromatic rings. The fraction of sp³-hybridized carbons (Fsp3) is 0.286. The minimum Gasteiger partial charge on any atom is -0.461 e. The topological polar surface area (TPSA) is 33.4 Å². The van der Waals surface area contributed by atoms with Gasteiger partial charge in [-0.2, -0.15) is 0 Å². The van der Waals surface area contributed by atoms with Gasteiger partial charge in [0.2, 0.25) is 0 Å². The molecule has 1 unspecified atom stereocenters. The lowest BCUT2D eigenvalue weighted by atomic mass is 10.1. The molecule has 1 heterocycles. The number of hydrogen-bond acceptors (Lipinski definition) is 2. The highest BCUT2D eigenvalue weighted by Crippen LogP contribution is 2.30. The smallest absolute Gasteiger partial charge is 0.135 e. The summed E-state index contributed by atoms with van der Waals surface area (Å²) in [4.78, 5) is 0. The van der Waals surface area contributed by atoms with E-state index in [9.17, 15) is 5.11 Å². The van der Waals surface area contributed by atoms with Crippen molar-refractivity contribution in [3.05, 3.63) is 46.1 Å². The molecule has 1 atom stereocenters. The Morgan fingerprint density at radius 3 is 2.71 bits per heavy atom. The summed E-state index contributed by atoms with van der Waals surface area (Å²) >= 11 is 3.53. The van der Waals surface area contributed by atoms with Crippen LogP contribution in [0.25, 0.3) is 11.3 Å². The van der Waals surface area contributed by atoms with E-state index >= 15 is 0 Å². The summed E-state index contributed by atoms with van der Waals surface area (Å²) in [5.74, 6) is 1.63. The number of aryl methyl sites for hydroxylation is 1. The van der Waals surface area contributed by atoms with E-state index in [2.05, 4.69) is 35.0 Å². The largest absolute Gasteiger partial charge is 0.461 e. The van der Waals surface area contributed by atoms with Crippen molar-refractivity contribution in [2.45, 2.75) is 26.4 Å². The van der Waals surface area contributed by atoms with E-state index in [1.807, 2.05) is 18.2 Å². The monoisotopic (exact) mass is 294 g/mol. The van der Waals surface area contributed by atoms with Crippen LogP contribution in [0.5, 0.6) is 0 Å². The lowest BCUT2D eigenvalue weighted by molar-refractivity contribution is 0.187. The summed E-state index contributed by atoms with van der Waals surface area (Å²) < 4.78 is 6.73. The van der Waals surface area contributed by atoms with E-state index in [1.165, 1.54) is 5.56 Å². The Hall–Kier alpha value is -1.06. The molecule has 0 fully saturated rings. The number of aliphatic hydroxyl groups excluding tert-OH is 1. The molecule has 0 aliphatic rings. The van der Waals surface area contributed by atoms with Crippen molar-refractivity contribution >= 4 is 15.9 Å². The predicted octanol–water partition coefficient (Wildman–Crippen LogP) is 3.94. The summed E-state index contributed by atoms with van der Waals surface area (Å²) in [6.45, 7) is 3.81. The number of rotatable bonds is 3. The summed E-state index contributed by atoms with van der Waals surface area (Å²) in [6, 6.07) is 10.00. The Bertz CT molecular complexity index is 515. The molecular formula is C14H15BrO2. The highest BCUT2D eigenvalue weighted by atomic mass is 79.9. The zero-order chi connectivity index (χ0) is 12.4. The van der Waals surface area contributed by atoms with Gasteiger partial charge in [0.15, 0.2) is 0 Å². The van der Waals surface area contributed by atoms with Crippen molar-refractivity contribution in [3.8, 4) is 11.3 Å². The first kappa shape index (κ1) is 12.4. The van der Waals surface area contributed by atoms with Gasteiger partial charge in [0.25, 0.3) is 0 Å². The van der Waals surface area contributed by atoms with E-state index in [1.54, 1.807) is 6.92 Å². The maximum Gasteiger partial charge on any atom is 0.135 e. The van der Waals surface area contributed by atoms with Gasteiger partial charge in [-0.05, 0) is 43.7 Å². The standard InChI is InChI=1S/C14H15BrO2/c1-9-3-5-12(13(15)7-9)14-6-4-11(17-14)8-10(2)16/h3-7,10,16H,8H2,1-2H3. The van der Waals surface area contributed by atoms with Crippen molar-refractivity contribution in [2.24, 2.45) is 0 Å². The van der Waals surface area contributed by atoms with Crippen LogP contribution in [0.15, 0.2) is 39.2 Å². The van der Waals surface area contributed by atoms with E-state index in [4.69, 9.17) is 4.42 Å². The van der Waals surface area contributed by atoms with Gasteiger partial charge in [-0.15, -0.1) is 0 Å². The van der Waals surface area contributed by atoms with Crippen LogP contribution in [-0.4, -0.2) is 11.2 Å². The highest BCUT2D eigenvalue weighted by Gasteiger charge is 2.09. The third-order valence-electron chi connectivity index (χ3n) is 2.55. The number of benzene rings is 1. The maximum atomic E-state index is 9.31. The summed E-state index contributed by atoms with van der Waals surface area (Å²) in [5, 5.41) is 9.31. The van der Waals surface area contributed by atoms with E-state index in [0.717, 1.165) is 21.6 Å². The fourth-order valence-corrected chi connectivity index (χ4v) is 2.43. The molecule has 1 aromatic carbocycles. The Morgan fingerprint density at radius 2 is 2.06 bits per heavy atom. The average molecular weight is 295 g/mol. The molecule has 2 rings (SSSR count). The zero-order valence-corrected chi connectivity index (χ0v) is 11.5. The highest BCUT2D eigenvalue weighted by molar-refractivity contribution is 9.10. The number of furan rings is 1. The second-order valence-electron chi connectivity index (χ2n) is 4.30. The molecular weight excluding hydrogens is 280 g/mol. The van der Waals surface area contributed by atoms with Crippen LogP contribution < -0.4 is 0 Å². The minimum absolute atomic E-state index is 0.379. The second-order valence-corrected chi connectivity index (χ2v) is 5.16. The Kier molecular flexibility index (Phi) is 3.69. The average Bonchev–Trinajstić information content (AvgIpc) is 2.65. The van der Waals surface area contributed by atoms with Crippen LogP contribution in [0.4, 0.5) is 0 Å². The molecule has 0 radical (unpaired) electrons. The van der Waals surface area contributed by atoms with Gasteiger partial charge in [-0.1, -0.05) is 22.0 Å². The molecule has 0 aliphatic heterocycles. The third-order valence-corrected chi connectivity index (χ3v) is 3.20. The minimum atomic E-state index is -0.379.